The van der Waals surface area contributed by atoms with Crippen LogP contribution in [0.4, 0.5) is 10.1 Å². The Labute approximate surface area is 194 Å². The highest BCUT2D eigenvalue weighted by Crippen LogP contribution is 2.39. The highest BCUT2D eigenvalue weighted by molar-refractivity contribution is 7.89. The first-order valence-corrected chi connectivity index (χ1v) is 12.2. The number of nitrogens with one attached hydrogen (secondary N) is 1. The van der Waals surface area contributed by atoms with Gasteiger partial charge in [0.15, 0.2) is 11.5 Å². The lowest BCUT2D eigenvalue weighted by Crippen LogP contribution is -2.30. The minimum absolute atomic E-state index is 0.0598. The van der Waals surface area contributed by atoms with Gasteiger partial charge in [0.05, 0.1) is 25.2 Å². The van der Waals surface area contributed by atoms with Gasteiger partial charge in [-0.1, -0.05) is 17.4 Å². The van der Waals surface area contributed by atoms with Gasteiger partial charge in [0, 0.05) is 18.3 Å². The van der Waals surface area contributed by atoms with Crippen LogP contribution in [0.25, 0.3) is 0 Å². The van der Waals surface area contributed by atoms with Crippen molar-refractivity contribution in [3.8, 4) is 11.5 Å². The van der Waals surface area contributed by atoms with E-state index in [9.17, 15) is 17.6 Å². The lowest BCUT2D eigenvalue weighted by Gasteiger charge is -2.22. The lowest BCUT2D eigenvalue weighted by atomic mass is 10.2. The van der Waals surface area contributed by atoms with Gasteiger partial charge in [-0.25, -0.2) is 12.8 Å². The number of aromatic nitrogens is 2. The van der Waals surface area contributed by atoms with Crippen LogP contribution in [0.5, 0.6) is 11.5 Å². The van der Waals surface area contributed by atoms with Crippen molar-refractivity contribution in [2.75, 3.05) is 26.1 Å². The summed E-state index contributed by atoms with van der Waals surface area (Å²) in [4.78, 5) is 12.6. The number of rotatable bonds is 7. The molecule has 1 aromatic heterocycles. The van der Waals surface area contributed by atoms with Crippen molar-refractivity contribution in [2.24, 2.45) is 0 Å². The zero-order chi connectivity index (χ0) is 23.6. The van der Waals surface area contributed by atoms with Gasteiger partial charge in [0.25, 0.3) is 5.91 Å². The summed E-state index contributed by atoms with van der Waals surface area (Å²) in [5, 5.41) is 11.0. The molecule has 1 N–H and O–H groups in total. The maximum atomic E-state index is 13.4. The third-order valence-corrected chi connectivity index (χ3v) is 8.10. The minimum atomic E-state index is -3.86. The Kier molecular flexibility index (Phi) is 6.58. The molecular formula is C21H21FN4O5S2. The lowest BCUT2D eigenvalue weighted by molar-refractivity contribution is 0.102. The summed E-state index contributed by atoms with van der Waals surface area (Å²) in [6, 6.07) is 9.36. The number of nitrogens with zero attached hydrogens (tertiary/aromatic N) is 3. The van der Waals surface area contributed by atoms with Crippen molar-refractivity contribution in [2.45, 2.75) is 23.8 Å². The van der Waals surface area contributed by atoms with Gasteiger partial charge < -0.3 is 14.8 Å². The number of carbonyl (C=O) groups is 1. The Morgan fingerprint density at radius 1 is 1.15 bits per heavy atom. The molecule has 1 atom stereocenters. The highest BCUT2D eigenvalue weighted by Gasteiger charge is 2.38. The van der Waals surface area contributed by atoms with E-state index in [1.807, 2.05) is 0 Å². The molecule has 1 saturated heterocycles. The van der Waals surface area contributed by atoms with E-state index < -0.39 is 27.8 Å². The molecule has 0 bridgehead atoms. The number of halogens is 1. The maximum Gasteiger partial charge on any atom is 0.286 e. The number of amides is 1. The molecule has 1 aliphatic heterocycles. The first kappa shape index (κ1) is 23.1. The van der Waals surface area contributed by atoms with Crippen LogP contribution in [-0.4, -0.2) is 49.6 Å². The monoisotopic (exact) mass is 492 g/mol. The Morgan fingerprint density at radius 3 is 2.67 bits per heavy atom. The topological polar surface area (TPSA) is 111 Å². The van der Waals surface area contributed by atoms with Crippen LogP contribution in [-0.2, 0) is 10.0 Å². The molecule has 1 amide bonds. The molecule has 4 rings (SSSR count). The van der Waals surface area contributed by atoms with E-state index in [1.165, 1.54) is 54.9 Å². The average molecular weight is 493 g/mol. The maximum absolute atomic E-state index is 13.4. The zero-order valence-corrected chi connectivity index (χ0v) is 19.5. The molecule has 3 aromatic rings. The molecule has 0 radical (unpaired) electrons. The molecule has 0 saturated carbocycles. The predicted molar refractivity (Wildman–Crippen MR) is 120 cm³/mol. The summed E-state index contributed by atoms with van der Waals surface area (Å²) in [6.45, 7) is 0.311. The smallest absolute Gasteiger partial charge is 0.286 e. The van der Waals surface area contributed by atoms with Gasteiger partial charge in [-0.15, -0.1) is 10.2 Å². The van der Waals surface area contributed by atoms with E-state index in [1.54, 1.807) is 6.07 Å². The fourth-order valence-electron chi connectivity index (χ4n) is 3.60. The molecule has 0 unspecified atom stereocenters. The third kappa shape index (κ3) is 4.68. The zero-order valence-electron chi connectivity index (χ0n) is 17.8. The van der Waals surface area contributed by atoms with Crippen LogP contribution in [0.15, 0.2) is 47.4 Å². The van der Waals surface area contributed by atoms with Crippen LogP contribution in [0.1, 0.15) is 33.7 Å². The van der Waals surface area contributed by atoms with Crippen molar-refractivity contribution in [3.05, 3.63) is 58.3 Å². The predicted octanol–water partition coefficient (Wildman–Crippen LogP) is 3.47. The second-order valence-electron chi connectivity index (χ2n) is 7.20. The Morgan fingerprint density at radius 2 is 1.94 bits per heavy atom. The molecule has 0 spiro atoms. The molecule has 0 aliphatic carbocycles. The van der Waals surface area contributed by atoms with Crippen LogP contribution in [0.2, 0.25) is 0 Å². The van der Waals surface area contributed by atoms with E-state index >= 15 is 0 Å². The number of hydrogen-bond acceptors (Lipinski definition) is 8. The first-order valence-electron chi connectivity index (χ1n) is 9.97. The van der Waals surface area contributed by atoms with Gasteiger partial charge >= 0.3 is 0 Å². The molecule has 9 nitrogen and oxygen atoms in total. The van der Waals surface area contributed by atoms with Crippen molar-refractivity contribution in [1.29, 1.82) is 0 Å². The van der Waals surface area contributed by atoms with Crippen LogP contribution >= 0.6 is 11.3 Å². The largest absolute Gasteiger partial charge is 0.493 e. The summed E-state index contributed by atoms with van der Waals surface area (Å²) in [5.74, 6) is -0.293. The normalized spacial score (nSPS) is 16.5. The number of hydrogen-bond donors (Lipinski definition) is 1. The summed E-state index contributed by atoms with van der Waals surface area (Å²) >= 11 is 1.01. The van der Waals surface area contributed by atoms with E-state index in [2.05, 4.69) is 15.5 Å². The molecule has 174 valence electrons. The summed E-state index contributed by atoms with van der Waals surface area (Å²) in [6.07, 6.45) is 1.19. The van der Waals surface area contributed by atoms with E-state index in [0.29, 0.717) is 35.9 Å². The molecular weight excluding hydrogens is 471 g/mol. The SMILES string of the molecule is COc1ccc(S(=O)(=O)N2CCC[C@@H]2c2nnc(C(=O)Nc3cccc(F)c3)s2)cc1OC. The Bertz CT molecular complexity index is 1280. The second kappa shape index (κ2) is 9.41. The number of ether oxygens (including phenoxy) is 2. The number of sulfonamides is 1. The molecule has 1 fully saturated rings. The van der Waals surface area contributed by atoms with Crippen LogP contribution in [0.3, 0.4) is 0 Å². The van der Waals surface area contributed by atoms with E-state index in [0.717, 1.165) is 11.3 Å². The van der Waals surface area contributed by atoms with E-state index in [4.69, 9.17) is 9.47 Å². The van der Waals surface area contributed by atoms with Crippen LogP contribution < -0.4 is 14.8 Å². The number of methoxy groups -OCH3 is 2. The Hall–Kier alpha value is -3.09. The number of carbonyl (C=O) groups excluding carboxylic acids is 1. The number of benzene rings is 2. The molecule has 2 heterocycles. The van der Waals surface area contributed by atoms with Crippen molar-refractivity contribution in [1.82, 2.24) is 14.5 Å². The summed E-state index contributed by atoms with van der Waals surface area (Å²) < 4.78 is 51.9. The summed E-state index contributed by atoms with van der Waals surface area (Å²) in [7, 11) is -0.956. The number of anilines is 1. The average Bonchev–Trinajstić information content (AvgIpc) is 3.48. The van der Waals surface area contributed by atoms with Gasteiger partial charge in [0.1, 0.15) is 10.8 Å². The second-order valence-corrected chi connectivity index (χ2v) is 10.1. The van der Waals surface area contributed by atoms with Crippen molar-refractivity contribution in [3.63, 3.8) is 0 Å². The van der Waals surface area contributed by atoms with Crippen LogP contribution in [0, 0.1) is 5.82 Å². The third-order valence-electron chi connectivity index (χ3n) is 5.17. The van der Waals surface area contributed by atoms with Gasteiger partial charge in [-0.3, -0.25) is 4.79 Å². The molecule has 1 aliphatic rings. The standard InChI is InChI=1S/C21H21FN4O5S2/c1-30-17-9-8-15(12-18(17)31-2)33(28,29)26-10-4-7-16(26)20-24-25-21(32-20)19(27)23-14-6-3-5-13(22)11-14/h3,5-6,8-9,11-12,16H,4,7,10H2,1-2H3,(H,23,27)/t16-/m1/s1. The van der Waals surface area contributed by atoms with Gasteiger partial charge in [-0.05, 0) is 43.2 Å². The Balaban J connectivity index is 1.56. The fraction of sp³-hybridized carbons (Fsp3) is 0.286. The first-order chi connectivity index (χ1) is 15.8. The summed E-state index contributed by atoms with van der Waals surface area (Å²) in [5.41, 5.74) is 0.287. The molecule has 33 heavy (non-hydrogen) atoms. The molecule has 12 heteroatoms. The highest BCUT2D eigenvalue weighted by atomic mass is 32.2. The van der Waals surface area contributed by atoms with Crippen molar-refractivity contribution >= 4 is 33.0 Å². The van der Waals surface area contributed by atoms with Gasteiger partial charge in [-0.2, -0.15) is 4.31 Å². The molecule has 2 aromatic carbocycles. The minimum Gasteiger partial charge on any atom is -0.493 e. The quantitative estimate of drug-likeness (QED) is 0.538. The van der Waals surface area contributed by atoms with Crippen molar-refractivity contribution < 1.29 is 27.1 Å². The fourth-order valence-corrected chi connectivity index (χ4v) is 6.23. The van der Waals surface area contributed by atoms with Gasteiger partial charge in [0.2, 0.25) is 15.0 Å². The van der Waals surface area contributed by atoms with E-state index in [-0.39, 0.29) is 15.6 Å².